The average Bonchev–Trinajstić information content (AvgIpc) is 2.75. The molecule has 0 spiro atoms. The number of rotatable bonds is 2. The first-order valence-electron chi connectivity index (χ1n) is 5.46. The first-order valence-corrected chi connectivity index (χ1v) is 5.84. The molecule has 0 saturated heterocycles. The topological polar surface area (TPSA) is 23.8 Å². The van der Waals surface area contributed by atoms with Crippen molar-refractivity contribution in [2.75, 3.05) is 0 Å². The molecule has 0 heterocycles. The predicted octanol–water partition coefficient (Wildman–Crippen LogP) is 4.14. The van der Waals surface area contributed by atoms with E-state index in [0.29, 0.717) is 5.92 Å². The smallest absolute Gasteiger partial charge is 0.0740 e. The Hall–Kier alpha value is -1.00. The minimum absolute atomic E-state index is 0.0600. The molecule has 1 aliphatic rings. The first kappa shape index (κ1) is 10.5. The summed E-state index contributed by atoms with van der Waals surface area (Å²) in [5.74, 6) is 0.612. The molecule has 2 heteroatoms. The SMILES string of the molecule is N#C[C@@H](c1ccc(Cl)cc1)C1CCCC1. The second-order valence-electron chi connectivity index (χ2n) is 4.20. The lowest BCUT2D eigenvalue weighted by molar-refractivity contribution is 0.501. The quantitative estimate of drug-likeness (QED) is 0.734. The van der Waals surface area contributed by atoms with Gasteiger partial charge in [-0.15, -0.1) is 0 Å². The van der Waals surface area contributed by atoms with Crippen LogP contribution in [0.5, 0.6) is 0 Å². The summed E-state index contributed by atoms with van der Waals surface area (Å²) in [6.45, 7) is 0. The van der Waals surface area contributed by atoms with Gasteiger partial charge in [-0.25, -0.2) is 0 Å². The van der Waals surface area contributed by atoms with Gasteiger partial charge in [-0.2, -0.15) is 5.26 Å². The molecule has 1 fully saturated rings. The summed E-state index contributed by atoms with van der Waals surface area (Å²) in [6, 6.07) is 10.1. The van der Waals surface area contributed by atoms with E-state index in [-0.39, 0.29) is 5.92 Å². The summed E-state index contributed by atoms with van der Waals surface area (Å²) >= 11 is 5.84. The third-order valence-corrected chi connectivity index (χ3v) is 3.49. The van der Waals surface area contributed by atoms with E-state index < -0.39 is 0 Å². The Kier molecular flexibility index (Phi) is 3.28. The summed E-state index contributed by atoms with van der Waals surface area (Å²) < 4.78 is 0. The molecule has 0 aliphatic heterocycles. The monoisotopic (exact) mass is 219 g/mol. The van der Waals surface area contributed by atoms with Gasteiger partial charge >= 0.3 is 0 Å². The standard InChI is InChI=1S/C13H14ClN/c14-12-7-5-11(6-8-12)13(9-15)10-3-1-2-4-10/h5-8,10,13H,1-4H2/t13-/m1/s1. The van der Waals surface area contributed by atoms with Gasteiger partial charge in [-0.1, -0.05) is 36.6 Å². The molecule has 0 N–H and O–H groups in total. The zero-order chi connectivity index (χ0) is 10.7. The van der Waals surface area contributed by atoms with Gasteiger partial charge in [0.15, 0.2) is 0 Å². The van der Waals surface area contributed by atoms with Crippen LogP contribution in [0, 0.1) is 17.2 Å². The van der Waals surface area contributed by atoms with Crippen molar-refractivity contribution < 1.29 is 0 Å². The van der Waals surface area contributed by atoms with Crippen LogP contribution in [0.15, 0.2) is 24.3 Å². The third kappa shape index (κ3) is 2.33. The lowest BCUT2D eigenvalue weighted by Gasteiger charge is -2.16. The number of hydrogen-bond donors (Lipinski definition) is 0. The molecule has 78 valence electrons. The van der Waals surface area contributed by atoms with Crippen LogP contribution in [-0.4, -0.2) is 0 Å². The van der Waals surface area contributed by atoms with Crippen LogP contribution in [0.4, 0.5) is 0 Å². The number of hydrogen-bond acceptors (Lipinski definition) is 1. The first-order chi connectivity index (χ1) is 7.31. The lowest BCUT2D eigenvalue weighted by atomic mass is 9.86. The highest BCUT2D eigenvalue weighted by Crippen LogP contribution is 2.37. The van der Waals surface area contributed by atoms with Gasteiger partial charge in [0.05, 0.1) is 12.0 Å². The summed E-state index contributed by atoms with van der Waals surface area (Å²) in [5.41, 5.74) is 1.12. The summed E-state index contributed by atoms with van der Waals surface area (Å²) in [5, 5.41) is 9.96. The van der Waals surface area contributed by atoms with E-state index in [4.69, 9.17) is 11.6 Å². The second-order valence-corrected chi connectivity index (χ2v) is 4.64. The number of benzene rings is 1. The maximum atomic E-state index is 9.23. The van der Waals surface area contributed by atoms with E-state index in [1.54, 1.807) is 0 Å². The van der Waals surface area contributed by atoms with Crippen molar-refractivity contribution in [3.05, 3.63) is 34.9 Å². The highest BCUT2D eigenvalue weighted by atomic mass is 35.5. The van der Waals surface area contributed by atoms with Crippen LogP contribution < -0.4 is 0 Å². The number of nitriles is 1. The number of halogens is 1. The van der Waals surface area contributed by atoms with Crippen LogP contribution in [0.25, 0.3) is 0 Å². The molecule has 0 bridgehead atoms. The Morgan fingerprint density at radius 1 is 1.20 bits per heavy atom. The molecule has 2 rings (SSSR count). The zero-order valence-electron chi connectivity index (χ0n) is 8.62. The van der Waals surface area contributed by atoms with Crippen molar-refractivity contribution in [1.29, 1.82) is 5.26 Å². The van der Waals surface area contributed by atoms with E-state index in [2.05, 4.69) is 6.07 Å². The van der Waals surface area contributed by atoms with Crippen molar-refractivity contribution in [1.82, 2.24) is 0 Å². The molecule has 1 nitrogen and oxygen atoms in total. The normalized spacial score (nSPS) is 18.7. The van der Waals surface area contributed by atoms with Crippen molar-refractivity contribution in [3.8, 4) is 6.07 Å². The van der Waals surface area contributed by atoms with Crippen LogP contribution >= 0.6 is 11.6 Å². The molecular weight excluding hydrogens is 206 g/mol. The van der Waals surface area contributed by atoms with Gasteiger partial charge in [-0.3, -0.25) is 0 Å². The molecule has 1 saturated carbocycles. The summed E-state index contributed by atoms with van der Waals surface area (Å²) in [7, 11) is 0. The molecule has 0 unspecified atom stereocenters. The Bertz CT molecular complexity index is 357. The van der Waals surface area contributed by atoms with Crippen LogP contribution in [0.1, 0.15) is 37.2 Å². The van der Waals surface area contributed by atoms with Crippen LogP contribution in [0.3, 0.4) is 0 Å². The Labute approximate surface area is 95.7 Å². The summed E-state index contributed by atoms with van der Waals surface area (Å²) in [4.78, 5) is 0. The molecule has 1 aromatic rings. The molecule has 0 radical (unpaired) electrons. The van der Waals surface area contributed by atoms with Gasteiger partial charge in [0, 0.05) is 5.02 Å². The third-order valence-electron chi connectivity index (χ3n) is 3.24. The minimum Gasteiger partial charge on any atom is -0.198 e. The van der Waals surface area contributed by atoms with Gasteiger partial charge in [-0.05, 0) is 36.5 Å². The van der Waals surface area contributed by atoms with Gasteiger partial charge < -0.3 is 0 Å². The van der Waals surface area contributed by atoms with E-state index in [9.17, 15) is 5.26 Å². The molecule has 1 atom stereocenters. The maximum absolute atomic E-state index is 9.23. The minimum atomic E-state index is 0.0600. The van der Waals surface area contributed by atoms with Crippen molar-refractivity contribution in [3.63, 3.8) is 0 Å². The van der Waals surface area contributed by atoms with Gasteiger partial charge in [0.2, 0.25) is 0 Å². The summed E-state index contributed by atoms with van der Waals surface area (Å²) in [6.07, 6.45) is 4.94. The maximum Gasteiger partial charge on any atom is 0.0740 e. The fraction of sp³-hybridized carbons (Fsp3) is 0.462. The van der Waals surface area contributed by atoms with Crippen molar-refractivity contribution >= 4 is 11.6 Å². The highest BCUT2D eigenvalue weighted by Gasteiger charge is 2.25. The Balaban J connectivity index is 2.19. The second kappa shape index (κ2) is 4.68. The Morgan fingerprint density at radius 3 is 2.33 bits per heavy atom. The molecule has 1 aliphatic carbocycles. The fourth-order valence-electron chi connectivity index (χ4n) is 2.41. The van der Waals surface area contributed by atoms with E-state index in [1.807, 2.05) is 24.3 Å². The fourth-order valence-corrected chi connectivity index (χ4v) is 2.54. The molecule has 0 amide bonds. The molecule has 15 heavy (non-hydrogen) atoms. The molecular formula is C13H14ClN. The number of nitrogens with zero attached hydrogens (tertiary/aromatic N) is 1. The lowest BCUT2D eigenvalue weighted by Crippen LogP contribution is -2.07. The largest absolute Gasteiger partial charge is 0.198 e. The predicted molar refractivity (Wildman–Crippen MR) is 61.8 cm³/mol. The molecule has 0 aromatic heterocycles. The van der Waals surface area contributed by atoms with E-state index >= 15 is 0 Å². The van der Waals surface area contributed by atoms with E-state index in [1.165, 1.54) is 25.7 Å². The van der Waals surface area contributed by atoms with Crippen molar-refractivity contribution in [2.24, 2.45) is 5.92 Å². The highest BCUT2D eigenvalue weighted by molar-refractivity contribution is 6.30. The molecule has 1 aromatic carbocycles. The van der Waals surface area contributed by atoms with Crippen molar-refractivity contribution in [2.45, 2.75) is 31.6 Å². The average molecular weight is 220 g/mol. The van der Waals surface area contributed by atoms with Crippen LogP contribution in [-0.2, 0) is 0 Å². The van der Waals surface area contributed by atoms with Crippen LogP contribution in [0.2, 0.25) is 5.02 Å². The zero-order valence-corrected chi connectivity index (χ0v) is 9.37. The van der Waals surface area contributed by atoms with Gasteiger partial charge in [0.1, 0.15) is 0 Å². The van der Waals surface area contributed by atoms with E-state index in [0.717, 1.165) is 10.6 Å². The Morgan fingerprint density at radius 2 is 1.80 bits per heavy atom. The van der Waals surface area contributed by atoms with Gasteiger partial charge in [0.25, 0.3) is 0 Å².